The van der Waals surface area contributed by atoms with Crippen molar-refractivity contribution in [2.45, 2.75) is 6.92 Å². The smallest absolute Gasteiger partial charge is 0.159 e. The van der Waals surface area contributed by atoms with Gasteiger partial charge in [-0.2, -0.15) is 5.10 Å². The molecule has 27 heavy (non-hydrogen) atoms. The van der Waals surface area contributed by atoms with Gasteiger partial charge in [0.1, 0.15) is 11.4 Å². The number of aromatic nitrogens is 4. The van der Waals surface area contributed by atoms with Crippen molar-refractivity contribution in [2.24, 2.45) is 0 Å². The van der Waals surface area contributed by atoms with Crippen LogP contribution >= 0.6 is 11.6 Å². The third kappa shape index (κ3) is 2.55. The van der Waals surface area contributed by atoms with Crippen LogP contribution in [-0.4, -0.2) is 25.3 Å². The first kappa shape index (κ1) is 15.9. The van der Waals surface area contributed by atoms with Crippen molar-refractivity contribution in [3.63, 3.8) is 0 Å². The summed E-state index contributed by atoms with van der Waals surface area (Å²) >= 11 is 6.09. The highest BCUT2D eigenvalue weighted by Crippen LogP contribution is 2.35. The molecule has 0 atom stereocenters. The summed E-state index contributed by atoms with van der Waals surface area (Å²) in [5.41, 5.74) is 6.51. The summed E-state index contributed by atoms with van der Waals surface area (Å²) in [6.45, 7) is 1.95. The molecule has 5 nitrogen and oxygen atoms in total. The number of H-pyrrole nitrogens is 2. The summed E-state index contributed by atoms with van der Waals surface area (Å²) in [4.78, 5) is 7.96. The van der Waals surface area contributed by atoms with Crippen LogP contribution in [0.3, 0.4) is 0 Å². The molecule has 0 spiro atoms. The number of aromatic amines is 2. The molecule has 5 rings (SSSR count). The molecule has 0 saturated heterocycles. The maximum Gasteiger partial charge on any atom is 0.159 e. The van der Waals surface area contributed by atoms with Crippen LogP contribution in [0.4, 0.5) is 0 Å². The standard InChI is InChI=1S/C21H15ClN4O/c1-11-8-19(27)15(22)10-14(11)12-6-7-13-18(9-12)25-26-20(13)21-23-16-4-2-3-5-17(16)24-21/h2-10,27H,1H3,(H,23,24)(H,25,26). The number of rotatable bonds is 2. The quantitative estimate of drug-likeness (QED) is 0.385. The third-order valence-corrected chi connectivity index (χ3v) is 5.08. The maximum atomic E-state index is 9.77. The molecule has 3 N–H and O–H groups in total. The molecule has 0 aliphatic heterocycles. The molecule has 0 saturated carbocycles. The number of benzene rings is 3. The van der Waals surface area contributed by atoms with Crippen molar-refractivity contribution in [1.29, 1.82) is 0 Å². The van der Waals surface area contributed by atoms with E-state index in [0.29, 0.717) is 5.02 Å². The number of hydrogen-bond acceptors (Lipinski definition) is 3. The zero-order valence-electron chi connectivity index (χ0n) is 14.4. The van der Waals surface area contributed by atoms with Crippen molar-refractivity contribution in [3.05, 3.63) is 65.2 Å². The fraction of sp³-hybridized carbons (Fsp3) is 0.0476. The fourth-order valence-electron chi connectivity index (χ4n) is 3.41. The molecule has 3 aromatic carbocycles. The van der Waals surface area contributed by atoms with Gasteiger partial charge >= 0.3 is 0 Å². The number of hydrogen-bond donors (Lipinski definition) is 3. The van der Waals surface area contributed by atoms with Crippen LogP contribution in [0, 0.1) is 6.92 Å². The molecule has 0 aliphatic carbocycles. The molecular weight excluding hydrogens is 360 g/mol. The van der Waals surface area contributed by atoms with E-state index in [2.05, 4.69) is 20.2 Å². The first-order valence-corrected chi connectivity index (χ1v) is 8.91. The Bertz CT molecular complexity index is 1290. The highest BCUT2D eigenvalue weighted by atomic mass is 35.5. The molecule has 132 valence electrons. The van der Waals surface area contributed by atoms with E-state index in [9.17, 15) is 5.11 Å². The van der Waals surface area contributed by atoms with Crippen molar-refractivity contribution in [3.8, 4) is 28.4 Å². The van der Waals surface area contributed by atoms with Crippen LogP contribution in [0.5, 0.6) is 5.75 Å². The van der Waals surface area contributed by atoms with Crippen LogP contribution < -0.4 is 0 Å². The average molecular weight is 375 g/mol. The van der Waals surface area contributed by atoms with Gasteiger partial charge in [-0.25, -0.2) is 4.98 Å². The van der Waals surface area contributed by atoms with Gasteiger partial charge in [-0.3, -0.25) is 5.10 Å². The average Bonchev–Trinajstić information content (AvgIpc) is 3.27. The van der Waals surface area contributed by atoms with Crippen LogP contribution in [0.25, 0.3) is 44.6 Å². The Balaban J connectivity index is 1.64. The predicted molar refractivity (Wildman–Crippen MR) is 108 cm³/mol. The minimum atomic E-state index is 0.0905. The van der Waals surface area contributed by atoms with E-state index in [4.69, 9.17) is 11.6 Å². The summed E-state index contributed by atoms with van der Waals surface area (Å²) in [7, 11) is 0. The lowest BCUT2D eigenvalue weighted by molar-refractivity contribution is 0.475. The van der Waals surface area contributed by atoms with Gasteiger partial charge in [-0.1, -0.05) is 29.8 Å². The zero-order chi connectivity index (χ0) is 18.5. The van der Waals surface area contributed by atoms with E-state index >= 15 is 0 Å². The summed E-state index contributed by atoms with van der Waals surface area (Å²) in [5.74, 6) is 0.826. The van der Waals surface area contributed by atoms with Crippen molar-refractivity contribution < 1.29 is 5.11 Å². The van der Waals surface area contributed by atoms with Gasteiger partial charge in [0.2, 0.25) is 0 Å². The number of phenolic OH excluding ortho intramolecular Hbond substituents is 1. The van der Waals surface area contributed by atoms with Crippen molar-refractivity contribution in [1.82, 2.24) is 20.2 Å². The Morgan fingerprint density at radius 1 is 1.00 bits per heavy atom. The topological polar surface area (TPSA) is 77.6 Å². The number of aryl methyl sites for hydroxylation is 1. The molecule has 0 aliphatic rings. The zero-order valence-corrected chi connectivity index (χ0v) is 15.2. The van der Waals surface area contributed by atoms with Crippen LogP contribution in [0.2, 0.25) is 5.02 Å². The van der Waals surface area contributed by atoms with Crippen molar-refractivity contribution in [2.75, 3.05) is 0 Å². The first-order valence-electron chi connectivity index (χ1n) is 8.53. The second-order valence-electron chi connectivity index (χ2n) is 6.55. The first-order chi connectivity index (χ1) is 13.1. The Hall–Kier alpha value is -3.31. The van der Waals surface area contributed by atoms with Gasteiger partial charge in [0.15, 0.2) is 5.82 Å². The molecular formula is C21H15ClN4O. The normalized spacial score (nSPS) is 11.5. The monoisotopic (exact) mass is 374 g/mol. The number of aromatic hydroxyl groups is 1. The highest BCUT2D eigenvalue weighted by Gasteiger charge is 2.14. The SMILES string of the molecule is Cc1cc(O)c(Cl)cc1-c1ccc2c(-c3nc4ccccc4[nH]3)n[nH]c2c1. The van der Waals surface area contributed by atoms with Gasteiger partial charge in [-0.05, 0) is 60.0 Å². The number of halogens is 1. The molecule has 6 heteroatoms. The minimum absolute atomic E-state index is 0.0905. The molecule has 0 unspecified atom stereocenters. The Kier molecular flexibility index (Phi) is 3.45. The second kappa shape index (κ2) is 5.86. The van der Waals surface area contributed by atoms with Gasteiger partial charge in [0.25, 0.3) is 0 Å². The number of para-hydroxylation sites is 2. The maximum absolute atomic E-state index is 9.77. The molecule has 2 heterocycles. The number of imidazole rings is 1. The lowest BCUT2D eigenvalue weighted by Gasteiger charge is -2.08. The molecule has 0 radical (unpaired) electrons. The van der Waals surface area contributed by atoms with E-state index in [-0.39, 0.29) is 5.75 Å². The second-order valence-corrected chi connectivity index (χ2v) is 6.96. The van der Waals surface area contributed by atoms with E-state index in [1.165, 1.54) is 0 Å². The molecule has 0 amide bonds. The highest BCUT2D eigenvalue weighted by molar-refractivity contribution is 6.32. The fourth-order valence-corrected chi connectivity index (χ4v) is 3.57. The Morgan fingerprint density at radius 3 is 2.70 bits per heavy atom. The summed E-state index contributed by atoms with van der Waals surface area (Å²) in [5, 5.41) is 18.7. The van der Waals surface area contributed by atoms with Crippen LogP contribution in [0.15, 0.2) is 54.6 Å². The van der Waals surface area contributed by atoms with Crippen LogP contribution in [0.1, 0.15) is 5.56 Å². The van der Waals surface area contributed by atoms with Crippen molar-refractivity contribution >= 4 is 33.5 Å². The summed E-state index contributed by atoms with van der Waals surface area (Å²) in [6.07, 6.45) is 0. The van der Waals surface area contributed by atoms with Gasteiger partial charge in [0, 0.05) is 5.39 Å². The van der Waals surface area contributed by atoms with Gasteiger partial charge in [-0.15, -0.1) is 0 Å². The molecule has 2 aromatic heterocycles. The number of phenols is 1. The molecule has 0 bridgehead atoms. The Labute approximate surface area is 159 Å². The lowest BCUT2D eigenvalue weighted by atomic mass is 9.99. The molecule has 0 fully saturated rings. The summed E-state index contributed by atoms with van der Waals surface area (Å²) < 4.78 is 0. The van der Waals surface area contributed by atoms with E-state index in [1.807, 2.05) is 49.4 Å². The van der Waals surface area contributed by atoms with Gasteiger partial charge < -0.3 is 10.1 Å². The Morgan fingerprint density at radius 2 is 1.85 bits per heavy atom. The third-order valence-electron chi connectivity index (χ3n) is 4.78. The summed E-state index contributed by atoms with van der Waals surface area (Å²) in [6, 6.07) is 17.5. The minimum Gasteiger partial charge on any atom is -0.506 e. The molecule has 5 aromatic rings. The van der Waals surface area contributed by atoms with E-state index in [1.54, 1.807) is 12.1 Å². The predicted octanol–water partition coefficient (Wildman–Crippen LogP) is 5.44. The van der Waals surface area contributed by atoms with E-state index < -0.39 is 0 Å². The van der Waals surface area contributed by atoms with Crippen LogP contribution in [-0.2, 0) is 0 Å². The van der Waals surface area contributed by atoms with E-state index in [0.717, 1.165) is 50.1 Å². The number of fused-ring (bicyclic) bond motifs is 2. The number of nitrogens with one attached hydrogen (secondary N) is 2. The lowest BCUT2D eigenvalue weighted by Crippen LogP contribution is -1.85. The number of nitrogens with zero attached hydrogens (tertiary/aromatic N) is 2. The van der Waals surface area contributed by atoms with Gasteiger partial charge in [0.05, 0.1) is 21.6 Å². The largest absolute Gasteiger partial charge is 0.506 e.